The largest absolute Gasteiger partial charge is 0.396 e. The number of benzene rings is 1. The van der Waals surface area contributed by atoms with Crippen LogP contribution in [0.2, 0.25) is 0 Å². The third-order valence-corrected chi connectivity index (χ3v) is 2.99. The lowest BCUT2D eigenvalue weighted by Crippen LogP contribution is -2.85. The lowest BCUT2D eigenvalue weighted by Gasteiger charge is -2.16. The predicted octanol–water partition coefficient (Wildman–Crippen LogP) is 1.12. The van der Waals surface area contributed by atoms with Gasteiger partial charge in [-0.25, -0.2) is 0 Å². The summed E-state index contributed by atoms with van der Waals surface area (Å²) >= 11 is 0. The van der Waals surface area contributed by atoms with E-state index in [4.69, 9.17) is 5.11 Å². The average Bonchev–Trinajstić information content (AvgIpc) is 2.46. The quantitative estimate of drug-likeness (QED) is 0.747. The summed E-state index contributed by atoms with van der Waals surface area (Å²) in [5, 5.41) is 11.2. The van der Waals surface area contributed by atoms with Gasteiger partial charge in [0.1, 0.15) is 6.04 Å². The number of nitrogens with two attached hydrogens (primary N) is 1. The van der Waals surface area contributed by atoms with E-state index in [1.165, 1.54) is 11.1 Å². The number of nitrogens with zero attached hydrogens (tertiary/aromatic N) is 1. The van der Waals surface area contributed by atoms with E-state index in [1.807, 2.05) is 30.6 Å². The molecule has 1 heterocycles. The molecule has 0 saturated carbocycles. The van der Waals surface area contributed by atoms with Crippen molar-refractivity contribution in [2.45, 2.75) is 12.5 Å². The second-order valence-corrected chi connectivity index (χ2v) is 4.27. The van der Waals surface area contributed by atoms with Crippen LogP contribution in [0.15, 0.2) is 54.9 Å². The van der Waals surface area contributed by atoms with Gasteiger partial charge < -0.3 is 10.4 Å². The zero-order valence-electron chi connectivity index (χ0n) is 10.4. The molecule has 1 atom stereocenters. The first-order chi connectivity index (χ1) is 8.92. The van der Waals surface area contributed by atoms with Gasteiger partial charge in [-0.3, -0.25) is 4.98 Å². The summed E-state index contributed by atoms with van der Waals surface area (Å²) in [6.07, 6.45) is 4.46. The van der Waals surface area contributed by atoms with Crippen molar-refractivity contribution >= 4 is 0 Å². The Balaban J connectivity index is 2.18. The summed E-state index contributed by atoms with van der Waals surface area (Å²) in [6.45, 7) is 1.16. The van der Waals surface area contributed by atoms with Gasteiger partial charge in [0.05, 0.1) is 6.54 Å². The maximum atomic E-state index is 8.89. The van der Waals surface area contributed by atoms with E-state index >= 15 is 0 Å². The molecule has 3 N–H and O–H groups in total. The van der Waals surface area contributed by atoms with Crippen LogP contribution in [0.4, 0.5) is 0 Å². The third-order valence-electron chi connectivity index (χ3n) is 2.99. The molecule has 2 rings (SSSR count). The van der Waals surface area contributed by atoms with Gasteiger partial charge in [-0.1, -0.05) is 30.3 Å². The van der Waals surface area contributed by atoms with Gasteiger partial charge in [0.25, 0.3) is 0 Å². The summed E-state index contributed by atoms with van der Waals surface area (Å²) < 4.78 is 0. The molecule has 0 spiro atoms. The highest BCUT2D eigenvalue weighted by molar-refractivity contribution is 5.27. The number of aromatic nitrogens is 1. The summed E-state index contributed by atoms with van der Waals surface area (Å²) in [5.74, 6) is 0. The van der Waals surface area contributed by atoms with E-state index in [0.29, 0.717) is 0 Å². The van der Waals surface area contributed by atoms with Gasteiger partial charge >= 0.3 is 0 Å². The summed E-state index contributed by atoms with van der Waals surface area (Å²) in [5.41, 5.74) is 2.52. The van der Waals surface area contributed by atoms with Crippen molar-refractivity contribution in [3.05, 3.63) is 66.0 Å². The Hall–Kier alpha value is -1.71. The zero-order valence-corrected chi connectivity index (χ0v) is 10.4. The SMILES string of the molecule is OCCC[NH2+][C@H](c1ccccc1)c1ccncc1. The minimum absolute atomic E-state index is 0.244. The highest BCUT2D eigenvalue weighted by atomic mass is 16.3. The van der Waals surface area contributed by atoms with Gasteiger partial charge in [0.2, 0.25) is 0 Å². The zero-order chi connectivity index (χ0) is 12.6. The van der Waals surface area contributed by atoms with E-state index in [0.717, 1.165) is 13.0 Å². The number of rotatable bonds is 6. The van der Waals surface area contributed by atoms with Crippen LogP contribution < -0.4 is 5.32 Å². The normalized spacial score (nSPS) is 12.3. The Labute approximate surface area is 108 Å². The molecule has 1 aromatic carbocycles. The molecule has 94 valence electrons. The fourth-order valence-electron chi connectivity index (χ4n) is 2.07. The maximum absolute atomic E-state index is 8.89. The van der Waals surface area contributed by atoms with Crippen LogP contribution >= 0.6 is 0 Å². The first-order valence-corrected chi connectivity index (χ1v) is 6.31. The standard InChI is InChI=1S/C15H18N2O/c18-12-4-9-17-15(13-5-2-1-3-6-13)14-7-10-16-11-8-14/h1-3,5-8,10-11,15,17-18H,4,9,12H2/p+1/t15-/m1/s1. The molecule has 18 heavy (non-hydrogen) atoms. The number of hydrogen-bond donors (Lipinski definition) is 2. The lowest BCUT2D eigenvalue weighted by molar-refractivity contribution is -0.687. The van der Waals surface area contributed by atoms with E-state index in [2.05, 4.69) is 34.6 Å². The molecule has 0 radical (unpaired) electrons. The summed E-state index contributed by atoms with van der Waals surface area (Å²) in [7, 11) is 0. The number of pyridine rings is 1. The predicted molar refractivity (Wildman–Crippen MR) is 71.0 cm³/mol. The third kappa shape index (κ3) is 3.39. The molecule has 0 aliphatic heterocycles. The highest BCUT2D eigenvalue weighted by Gasteiger charge is 2.16. The number of hydrogen-bond acceptors (Lipinski definition) is 2. The first kappa shape index (κ1) is 12.7. The van der Waals surface area contributed by atoms with Crippen molar-refractivity contribution in [1.82, 2.24) is 4.98 Å². The fraction of sp³-hybridized carbons (Fsp3) is 0.267. The smallest absolute Gasteiger partial charge is 0.137 e. The van der Waals surface area contributed by atoms with Crippen LogP contribution in [0.5, 0.6) is 0 Å². The Morgan fingerprint density at radius 2 is 1.67 bits per heavy atom. The Morgan fingerprint density at radius 1 is 1.00 bits per heavy atom. The summed E-state index contributed by atoms with van der Waals surface area (Å²) in [6, 6.07) is 14.8. The van der Waals surface area contributed by atoms with Gasteiger partial charge in [0.15, 0.2) is 0 Å². The molecule has 3 nitrogen and oxygen atoms in total. The number of aliphatic hydroxyl groups excluding tert-OH is 1. The lowest BCUT2D eigenvalue weighted by atomic mass is 9.99. The Kier molecular flexibility index (Phi) is 4.88. The van der Waals surface area contributed by atoms with Crippen molar-refractivity contribution < 1.29 is 10.4 Å². The van der Waals surface area contributed by atoms with Gasteiger partial charge in [-0.05, 0) is 12.1 Å². The second-order valence-electron chi connectivity index (χ2n) is 4.27. The molecule has 0 amide bonds. The molecule has 0 unspecified atom stereocenters. The highest BCUT2D eigenvalue weighted by Crippen LogP contribution is 2.16. The van der Waals surface area contributed by atoms with Crippen LogP contribution in [0.3, 0.4) is 0 Å². The molecule has 1 aromatic heterocycles. The first-order valence-electron chi connectivity index (χ1n) is 6.31. The van der Waals surface area contributed by atoms with Crippen LogP contribution in [0, 0.1) is 0 Å². The average molecular weight is 243 g/mol. The van der Waals surface area contributed by atoms with Crippen molar-refractivity contribution in [2.75, 3.05) is 13.2 Å². The van der Waals surface area contributed by atoms with Gasteiger partial charge in [-0.2, -0.15) is 0 Å². The van der Waals surface area contributed by atoms with Gasteiger partial charge in [0, 0.05) is 36.5 Å². The van der Waals surface area contributed by atoms with Crippen LogP contribution in [0.1, 0.15) is 23.6 Å². The van der Waals surface area contributed by atoms with E-state index < -0.39 is 0 Å². The van der Waals surface area contributed by atoms with E-state index in [1.54, 1.807) is 0 Å². The molecule has 0 aliphatic carbocycles. The molecule has 3 heteroatoms. The van der Waals surface area contributed by atoms with Crippen molar-refractivity contribution in [2.24, 2.45) is 0 Å². The fourth-order valence-corrected chi connectivity index (χ4v) is 2.07. The van der Waals surface area contributed by atoms with E-state index in [-0.39, 0.29) is 12.6 Å². The second kappa shape index (κ2) is 6.89. The van der Waals surface area contributed by atoms with Crippen LogP contribution in [0.25, 0.3) is 0 Å². The van der Waals surface area contributed by atoms with Crippen molar-refractivity contribution in [1.29, 1.82) is 0 Å². The Bertz CT molecular complexity index is 405. The molecule has 0 fully saturated rings. The molecule has 2 aromatic rings. The summed E-state index contributed by atoms with van der Waals surface area (Å²) in [4.78, 5) is 4.06. The molecule has 0 bridgehead atoms. The minimum Gasteiger partial charge on any atom is -0.396 e. The van der Waals surface area contributed by atoms with E-state index in [9.17, 15) is 0 Å². The maximum Gasteiger partial charge on any atom is 0.137 e. The minimum atomic E-state index is 0.244. The topological polar surface area (TPSA) is 49.7 Å². The van der Waals surface area contributed by atoms with Crippen LogP contribution in [-0.4, -0.2) is 23.2 Å². The van der Waals surface area contributed by atoms with Crippen molar-refractivity contribution in [3.63, 3.8) is 0 Å². The Morgan fingerprint density at radius 3 is 2.33 bits per heavy atom. The van der Waals surface area contributed by atoms with Gasteiger partial charge in [-0.15, -0.1) is 0 Å². The van der Waals surface area contributed by atoms with Crippen LogP contribution in [-0.2, 0) is 0 Å². The van der Waals surface area contributed by atoms with Crippen molar-refractivity contribution in [3.8, 4) is 0 Å². The number of aliphatic hydroxyl groups is 1. The number of quaternary nitrogens is 1. The molecular formula is C15H19N2O+. The molecule has 0 aliphatic rings. The molecular weight excluding hydrogens is 224 g/mol. The molecule has 0 saturated heterocycles. The monoisotopic (exact) mass is 243 g/mol.